The van der Waals surface area contributed by atoms with E-state index in [1.165, 1.54) is 13.2 Å². The second kappa shape index (κ2) is 12.3. The van der Waals surface area contributed by atoms with Crippen molar-refractivity contribution >= 4 is 63.8 Å². The minimum Gasteiger partial charge on any atom is -0.494 e. The molecule has 1 aliphatic rings. The third-order valence-electron chi connectivity index (χ3n) is 5.50. The number of halogens is 2. The number of methoxy groups -OCH3 is 1. The Morgan fingerprint density at radius 3 is 2.47 bits per heavy atom. The SMILES string of the molecule is CCCOc1ccc(N2C(=O)NC(=O)/C(=C/c3cc(I)c(OCc4cccc(Cl)c4)c(OC)c3)C2=O)cc1. The van der Waals surface area contributed by atoms with Crippen LogP contribution in [-0.4, -0.2) is 31.6 Å². The van der Waals surface area contributed by atoms with Crippen molar-refractivity contribution in [1.29, 1.82) is 0 Å². The van der Waals surface area contributed by atoms with Gasteiger partial charge in [-0.15, -0.1) is 0 Å². The summed E-state index contributed by atoms with van der Waals surface area (Å²) >= 11 is 8.15. The molecule has 0 saturated carbocycles. The van der Waals surface area contributed by atoms with E-state index < -0.39 is 17.8 Å². The molecule has 0 radical (unpaired) electrons. The highest BCUT2D eigenvalue weighted by Crippen LogP contribution is 2.36. The Morgan fingerprint density at radius 1 is 1.03 bits per heavy atom. The second-order valence-corrected chi connectivity index (χ2v) is 9.85. The number of urea groups is 1. The Bertz CT molecular complexity index is 1410. The number of barbiturate groups is 1. The van der Waals surface area contributed by atoms with Gasteiger partial charge in [0, 0.05) is 5.02 Å². The first kappa shape index (κ1) is 27.5. The van der Waals surface area contributed by atoms with E-state index >= 15 is 0 Å². The highest BCUT2D eigenvalue weighted by Gasteiger charge is 2.37. The number of hydrogen-bond acceptors (Lipinski definition) is 6. The molecule has 0 aromatic heterocycles. The van der Waals surface area contributed by atoms with Gasteiger partial charge in [0.1, 0.15) is 17.9 Å². The standard InChI is InChI=1S/C28H24ClIN2O6/c1-3-11-37-21-9-7-20(8-10-21)32-27(34)22(26(33)31-28(32)35)13-18-14-23(30)25(24(15-18)36-2)38-16-17-5-4-6-19(29)12-17/h4-10,12-15H,3,11,16H2,1-2H3,(H,31,33,35)/b22-13-. The van der Waals surface area contributed by atoms with Crippen LogP contribution in [0.5, 0.6) is 17.2 Å². The van der Waals surface area contributed by atoms with Crippen molar-refractivity contribution in [1.82, 2.24) is 5.32 Å². The Morgan fingerprint density at radius 2 is 1.79 bits per heavy atom. The topological polar surface area (TPSA) is 94.2 Å². The molecule has 1 heterocycles. The number of benzene rings is 3. The van der Waals surface area contributed by atoms with E-state index in [1.807, 2.05) is 25.1 Å². The largest absolute Gasteiger partial charge is 0.494 e. The summed E-state index contributed by atoms with van der Waals surface area (Å²) in [5.74, 6) is 0.0270. The highest BCUT2D eigenvalue weighted by molar-refractivity contribution is 14.1. The molecule has 10 heteroatoms. The molecular formula is C28H24ClIN2O6. The van der Waals surface area contributed by atoms with Crippen LogP contribution in [0.15, 0.2) is 66.2 Å². The maximum atomic E-state index is 13.3. The number of nitrogens with one attached hydrogen (secondary N) is 1. The molecule has 8 nitrogen and oxygen atoms in total. The van der Waals surface area contributed by atoms with Gasteiger partial charge >= 0.3 is 6.03 Å². The van der Waals surface area contributed by atoms with E-state index in [-0.39, 0.29) is 12.2 Å². The fraction of sp³-hybridized carbons (Fsp3) is 0.179. The number of imide groups is 2. The summed E-state index contributed by atoms with van der Waals surface area (Å²) < 4.78 is 17.8. The molecule has 0 unspecified atom stereocenters. The highest BCUT2D eigenvalue weighted by atomic mass is 127. The van der Waals surface area contributed by atoms with Gasteiger partial charge in [-0.2, -0.15) is 0 Å². The van der Waals surface area contributed by atoms with Crippen LogP contribution in [-0.2, 0) is 16.2 Å². The van der Waals surface area contributed by atoms with E-state index in [4.69, 9.17) is 25.8 Å². The zero-order valence-corrected chi connectivity index (χ0v) is 23.5. The van der Waals surface area contributed by atoms with Crippen molar-refractivity contribution in [3.05, 3.63) is 86.0 Å². The van der Waals surface area contributed by atoms with Crippen LogP contribution in [0.25, 0.3) is 6.08 Å². The lowest BCUT2D eigenvalue weighted by Crippen LogP contribution is -2.54. The smallest absolute Gasteiger partial charge is 0.335 e. The monoisotopic (exact) mass is 646 g/mol. The van der Waals surface area contributed by atoms with Crippen LogP contribution in [0.2, 0.25) is 5.02 Å². The molecular weight excluding hydrogens is 623 g/mol. The van der Waals surface area contributed by atoms with E-state index in [0.29, 0.717) is 43.7 Å². The first-order valence-electron chi connectivity index (χ1n) is 11.7. The maximum absolute atomic E-state index is 13.3. The van der Waals surface area contributed by atoms with Crippen molar-refractivity contribution < 1.29 is 28.6 Å². The van der Waals surface area contributed by atoms with Gasteiger partial charge in [-0.3, -0.25) is 14.9 Å². The lowest BCUT2D eigenvalue weighted by Gasteiger charge is -2.26. The predicted octanol–water partition coefficient (Wildman–Crippen LogP) is 5.99. The summed E-state index contributed by atoms with van der Waals surface area (Å²) in [5, 5.41) is 2.84. The minimum atomic E-state index is -0.823. The van der Waals surface area contributed by atoms with Gasteiger partial charge in [-0.25, -0.2) is 9.69 Å². The van der Waals surface area contributed by atoms with Crippen molar-refractivity contribution in [3.63, 3.8) is 0 Å². The van der Waals surface area contributed by atoms with E-state index in [1.54, 1.807) is 42.5 Å². The van der Waals surface area contributed by atoms with Crippen LogP contribution in [0.1, 0.15) is 24.5 Å². The van der Waals surface area contributed by atoms with Crippen LogP contribution >= 0.6 is 34.2 Å². The van der Waals surface area contributed by atoms with Crippen LogP contribution < -0.4 is 24.4 Å². The molecule has 1 saturated heterocycles. The first-order valence-corrected chi connectivity index (χ1v) is 13.2. The van der Waals surface area contributed by atoms with E-state index in [9.17, 15) is 14.4 Å². The molecule has 3 aromatic carbocycles. The van der Waals surface area contributed by atoms with Gasteiger partial charge in [0.15, 0.2) is 11.5 Å². The zero-order valence-electron chi connectivity index (χ0n) is 20.6. The number of nitrogens with zero attached hydrogens (tertiary/aromatic N) is 1. The molecule has 3 aromatic rings. The lowest BCUT2D eigenvalue weighted by molar-refractivity contribution is -0.122. The Balaban J connectivity index is 1.59. The fourth-order valence-corrected chi connectivity index (χ4v) is 4.71. The molecule has 1 aliphatic heterocycles. The molecule has 0 spiro atoms. The quantitative estimate of drug-likeness (QED) is 0.175. The summed E-state index contributed by atoms with van der Waals surface area (Å²) in [7, 11) is 1.50. The summed E-state index contributed by atoms with van der Waals surface area (Å²) in [6, 6.07) is 16.4. The van der Waals surface area contributed by atoms with E-state index in [0.717, 1.165) is 16.9 Å². The second-order valence-electron chi connectivity index (χ2n) is 8.25. The van der Waals surface area contributed by atoms with E-state index in [2.05, 4.69) is 27.9 Å². The van der Waals surface area contributed by atoms with Crippen LogP contribution in [0, 0.1) is 3.57 Å². The first-order chi connectivity index (χ1) is 18.3. The third-order valence-corrected chi connectivity index (χ3v) is 6.54. The van der Waals surface area contributed by atoms with Crippen molar-refractivity contribution in [2.24, 2.45) is 0 Å². The van der Waals surface area contributed by atoms with Crippen LogP contribution in [0.4, 0.5) is 10.5 Å². The Labute approximate surface area is 238 Å². The molecule has 0 aliphatic carbocycles. The average molecular weight is 647 g/mol. The summed E-state index contributed by atoms with van der Waals surface area (Å²) in [4.78, 5) is 39.4. The number of amides is 4. The Kier molecular flexibility index (Phi) is 8.90. The number of anilines is 1. The fourth-order valence-electron chi connectivity index (χ4n) is 3.72. The van der Waals surface area contributed by atoms with Gasteiger partial charge in [0.05, 0.1) is 23.0 Å². The molecule has 0 bridgehead atoms. The molecule has 196 valence electrons. The van der Waals surface area contributed by atoms with Gasteiger partial charge < -0.3 is 14.2 Å². The van der Waals surface area contributed by atoms with Crippen molar-refractivity contribution in [2.75, 3.05) is 18.6 Å². The predicted molar refractivity (Wildman–Crippen MR) is 153 cm³/mol. The minimum absolute atomic E-state index is 0.193. The molecule has 4 rings (SSSR count). The summed E-state index contributed by atoms with van der Waals surface area (Å²) in [6.07, 6.45) is 2.27. The van der Waals surface area contributed by atoms with Gasteiger partial charge in [0.25, 0.3) is 11.8 Å². The summed E-state index contributed by atoms with van der Waals surface area (Å²) in [6.45, 7) is 2.82. The average Bonchev–Trinajstić information content (AvgIpc) is 2.89. The Hall–Kier alpha value is -3.57. The number of hydrogen-bond donors (Lipinski definition) is 1. The zero-order chi connectivity index (χ0) is 27.2. The maximum Gasteiger partial charge on any atom is 0.335 e. The van der Waals surface area contributed by atoms with Crippen LogP contribution in [0.3, 0.4) is 0 Å². The molecule has 1 fully saturated rings. The number of carbonyl (C=O) groups excluding carboxylic acids is 3. The number of rotatable bonds is 9. The van der Waals surface area contributed by atoms with Gasteiger partial charge in [-0.1, -0.05) is 30.7 Å². The van der Waals surface area contributed by atoms with Crippen molar-refractivity contribution in [3.8, 4) is 17.2 Å². The molecule has 4 amide bonds. The molecule has 1 N–H and O–H groups in total. The molecule has 0 atom stereocenters. The normalized spacial score (nSPS) is 14.5. The number of ether oxygens (including phenoxy) is 3. The van der Waals surface area contributed by atoms with Gasteiger partial charge in [0.2, 0.25) is 0 Å². The summed E-state index contributed by atoms with van der Waals surface area (Å²) in [5.41, 5.74) is 1.53. The number of carbonyl (C=O) groups is 3. The lowest BCUT2D eigenvalue weighted by atomic mass is 10.1. The third kappa shape index (κ3) is 6.28. The van der Waals surface area contributed by atoms with Gasteiger partial charge in [-0.05, 0) is 94.7 Å². The van der Waals surface area contributed by atoms with Crippen molar-refractivity contribution in [2.45, 2.75) is 20.0 Å². The molecule has 38 heavy (non-hydrogen) atoms.